The molecule has 0 saturated carbocycles. The van der Waals surface area contributed by atoms with Crippen molar-refractivity contribution in [2.45, 2.75) is 6.10 Å². The number of hydrogen-bond donors (Lipinski definition) is 2. The number of hydrogen-bond acceptors (Lipinski definition) is 5. The fourth-order valence-corrected chi connectivity index (χ4v) is 2.03. The highest BCUT2D eigenvalue weighted by molar-refractivity contribution is 5.95. The number of carbonyl (C=O) groups excluding carboxylic acids is 1. The molecule has 0 aliphatic heterocycles. The number of anilines is 1. The lowest BCUT2D eigenvalue weighted by atomic mass is 10.1. The van der Waals surface area contributed by atoms with Gasteiger partial charge in [-0.1, -0.05) is 36.4 Å². The molecule has 110 valence electrons. The third-order valence-corrected chi connectivity index (χ3v) is 3.10. The second-order valence-electron chi connectivity index (χ2n) is 4.63. The molecule has 0 aliphatic rings. The Morgan fingerprint density at radius 3 is 2.68 bits per heavy atom. The lowest BCUT2D eigenvalue weighted by Crippen LogP contribution is -2.20. The van der Waals surface area contributed by atoms with Crippen LogP contribution in [-0.4, -0.2) is 21.2 Å². The number of aliphatic hydroxyl groups is 1. The van der Waals surface area contributed by atoms with Gasteiger partial charge in [-0.2, -0.15) is 0 Å². The Balaban J connectivity index is 1.76. The molecule has 2 N–H and O–H groups in total. The number of amides is 1. The van der Waals surface area contributed by atoms with Crippen LogP contribution >= 0.6 is 0 Å². The molecule has 1 unspecified atom stereocenters. The minimum Gasteiger partial charge on any atom is -0.423 e. The van der Waals surface area contributed by atoms with Crippen molar-refractivity contribution in [1.29, 1.82) is 0 Å². The van der Waals surface area contributed by atoms with Crippen molar-refractivity contribution in [3.05, 3.63) is 66.6 Å². The summed E-state index contributed by atoms with van der Waals surface area (Å²) in [6, 6.07) is 15.7. The normalized spacial score (nSPS) is 11.9. The second kappa shape index (κ2) is 6.19. The fraction of sp³-hybridized carbons (Fsp3) is 0.0625. The van der Waals surface area contributed by atoms with E-state index in [2.05, 4.69) is 15.5 Å². The van der Waals surface area contributed by atoms with Gasteiger partial charge in [-0.05, 0) is 23.8 Å². The summed E-state index contributed by atoms with van der Waals surface area (Å²) in [5.74, 6) is -0.145. The lowest BCUT2D eigenvalue weighted by molar-refractivity contribution is -0.124. The minimum absolute atomic E-state index is 0.361. The van der Waals surface area contributed by atoms with Crippen LogP contribution in [0.1, 0.15) is 11.7 Å². The summed E-state index contributed by atoms with van der Waals surface area (Å²) in [6.45, 7) is 0. The average molecular weight is 295 g/mol. The molecule has 0 radical (unpaired) electrons. The van der Waals surface area contributed by atoms with Crippen molar-refractivity contribution in [1.82, 2.24) is 10.2 Å². The quantitative estimate of drug-likeness (QED) is 0.771. The SMILES string of the molecule is O=C(Nc1cccc(-c2nnco2)c1)C(O)c1ccccc1. The van der Waals surface area contributed by atoms with E-state index in [-0.39, 0.29) is 0 Å². The van der Waals surface area contributed by atoms with Crippen LogP contribution in [0.2, 0.25) is 0 Å². The molecule has 0 spiro atoms. The molecule has 1 atom stereocenters. The molecule has 3 rings (SSSR count). The van der Waals surface area contributed by atoms with Gasteiger partial charge in [0.15, 0.2) is 6.10 Å². The van der Waals surface area contributed by atoms with E-state index in [1.807, 2.05) is 6.07 Å². The van der Waals surface area contributed by atoms with Crippen molar-refractivity contribution >= 4 is 11.6 Å². The molecule has 6 heteroatoms. The van der Waals surface area contributed by atoms with Crippen LogP contribution in [0.25, 0.3) is 11.5 Å². The van der Waals surface area contributed by atoms with E-state index >= 15 is 0 Å². The summed E-state index contributed by atoms with van der Waals surface area (Å²) < 4.78 is 5.11. The third kappa shape index (κ3) is 3.02. The van der Waals surface area contributed by atoms with Gasteiger partial charge in [-0.25, -0.2) is 0 Å². The second-order valence-corrected chi connectivity index (χ2v) is 4.63. The smallest absolute Gasteiger partial charge is 0.257 e. The molecule has 22 heavy (non-hydrogen) atoms. The van der Waals surface area contributed by atoms with E-state index < -0.39 is 12.0 Å². The first-order chi connectivity index (χ1) is 10.7. The highest BCUT2D eigenvalue weighted by atomic mass is 16.4. The van der Waals surface area contributed by atoms with Gasteiger partial charge in [0.25, 0.3) is 5.91 Å². The molecule has 1 heterocycles. The Hall–Kier alpha value is -2.99. The van der Waals surface area contributed by atoms with Crippen LogP contribution in [0.5, 0.6) is 0 Å². The van der Waals surface area contributed by atoms with Crippen molar-refractivity contribution in [3.8, 4) is 11.5 Å². The van der Waals surface area contributed by atoms with E-state index in [4.69, 9.17) is 4.42 Å². The van der Waals surface area contributed by atoms with Crippen LogP contribution in [0.3, 0.4) is 0 Å². The van der Waals surface area contributed by atoms with Crippen LogP contribution in [0.15, 0.2) is 65.4 Å². The first-order valence-corrected chi connectivity index (χ1v) is 6.64. The zero-order valence-electron chi connectivity index (χ0n) is 11.5. The Bertz CT molecular complexity index is 757. The van der Waals surface area contributed by atoms with Gasteiger partial charge >= 0.3 is 0 Å². The minimum atomic E-state index is -1.23. The molecule has 1 amide bonds. The summed E-state index contributed by atoms with van der Waals surface area (Å²) in [5, 5.41) is 20.1. The van der Waals surface area contributed by atoms with Crippen molar-refractivity contribution in [2.75, 3.05) is 5.32 Å². The molecular weight excluding hydrogens is 282 g/mol. The lowest BCUT2D eigenvalue weighted by Gasteiger charge is -2.12. The van der Waals surface area contributed by atoms with Crippen LogP contribution in [-0.2, 0) is 4.79 Å². The van der Waals surface area contributed by atoms with Gasteiger partial charge in [-0.15, -0.1) is 10.2 Å². The molecule has 2 aromatic carbocycles. The molecule has 3 aromatic rings. The zero-order chi connectivity index (χ0) is 15.4. The number of rotatable bonds is 4. The standard InChI is InChI=1S/C16H13N3O3/c20-14(11-5-2-1-3-6-11)15(21)18-13-8-4-7-12(9-13)16-19-17-10-22-16/h1-10,14,20H,(H,18,21). The fourth-order valence-electron chi connectivity index (χ4n) is 2.03. The summed E-state index contributed by atoms with van der Waals surface area (Å²) >= 11 is 0. The van der Waals surface area contributed by atoms with Gasteiger partial charge in [0.2, 0.25) is 12.3 Å². The molecular formula is C16H13N3O3. The van der Waals surface area contributed by atoms with E-state index in [1.165, 1.54) is 6.39 Å². The van der Waals surface area contributed by atoms with Crippen LogP contribution < -0.4 is 5.32 Å². The highest BCUT2D eigenvalue weighted by Crippen LogP contribution is 2.21. The first kappa shape index (κ1) is 14.0. The average Bonchev–Trinajstić information content (AvgIpc) is 3.10. The molecule has 0 fully saturated rings. The Morgan fingerprint density at radius 1 is 1.14 bits per heavy atom. The van der Waals surface area contributed by atoms with E-state index in [1.54, 1.807) is 48.5 Å². The van der Waals surface area contributed by atoms with Gasteiger partial charge in [0.05, 0.1) is 0 Å². The highest BCUT2D eigenvalue weighted by Gasteiger charge is 2.17. The summed E-state index contributed by atoms with van der Waals surface area (Å²) in [4.78, 5) is 12.1. The maximum absolute atomic E-state index is 12.1. The topological polar surface area (TPSA) is 88.3 Å². The van der Waals surface area contributed by atoms with E-state index in [0.717, 1.165) is 0 Å². The van der Waals surface area contributed by atoms with Gasteiger partial charge in [-0.3, -0.25) is 4.79 Å². The third-order valence-electron chi connectivity index (χ3n) is 3.10. The summed E-state index contributed by atoms with van der Waals surface area (Å²) in [6.07, 6.45) is 0.00740. The number of aliphatic hydroxyl groups excluding tert-OH is 1. The molecule has 1 aromatic heterocycles. The number of carbonyl (C=O) groups is 1. The number of benzene rings is 2. The summed E-state index contributed by atoms with van der Waals surface area (Å²) in [5.41, 5.74) is 1.76. The molecule has 0 bridgehead atoms. The Labute approximate surface area is 126 Å². The monoisotopic (exact) mass is 295 g/mol. The number of nitrogens with one attached hydrogen (secondary N) is 1. The summed E-state index contributed by atoms with van der Waals surface area (Å²) in [7, 11) is 0. The molecule has 0 aliphatic carbocycles. The maximum Gasteiger partial charge on any atom is 0.257 e. The first-order valence-electron chi connectivity index (χ1n) is 6.64. The molecule has 0 saturated heterocycles. The zero-order valence-corrected chi connectivity index (χ0v) is 11.5. The van der Waals surface area contributed by atoms with E-state index in [9.17, 15) is 9.90 Å². The van der Waals surface area contributed by atoms with Crippen molar-refractivity contribution in [2.24, 2.45) is 0 Å². The maximum atomic E-state index is 12.1. The predicted molar refractivity (Wildman–Crippen MR) is 79.8 cm³/mol. The Kier molecular flexibility index (Phi) is 3.93. The Morgan fingerprint density at radius 2 is 1.95 bits per heavy atom. The number of nitrogens with zero attached hydrogens (tertiary/aromatic N) is 2. The van der Waals surface area contributed by atoms with Crippen molar-refractivity contribution in [3.63, 3.8) is 0 Å². The van der Waals surface area contributed by atoms with Crippen LogP contribution in [0.4, 0.5) is 5.69 Å². The van der Waals surface area contributed by atoms with Crippen LogP contribution in [0, 0.1) is 0 Å². The van der Waals surface area contributed by atoms with Gasteiger partial charge in [0, 0.05) is 11.3 Å². The van der Waals surface area contributed by atoms with Crippen molar-refractivity contribution < 1.29 is 14.3 Å². The van der Waals surface area contributed by atoms with Gasteiger partial charge < -0.3 is 14.8 Å². The van der Waals surface area contributed by atoms with E-state index in [0.29, 0.717) is 22.7 Å². The predicted octanol–water partition coefficient (Wildman–Crippen LogP) is 2.41. The number of aromatic nitrogens is 2. The molecule has 6 nitrogen and oxygen atoms in total. The largest absolute Gasteiger partial charge is 0.423 e. The van der Waals surface area contributed by atoms with Gasteiger partial charge in [0.1, 0.15) is 0 Å².